The molecule has 2 aromatic rings. The van der Waals surface area contributed by atoms with Crippen molar-refractivity contribution in [2.75, 3.05) is 7.05 Å². The second kappa shape index (κ2) is 5.55. The normalized spacial score (nSPS) is 12.7. The van der Waals surface area contributed by atoms with Crippen LogP contribution in [0.5, 0.6) is 0 Å². The highest BCUT2D eigenvalue weighted by Gasteiger charge is 2.17. The largest absolute Gasteiger partial charge is 0.309 e. The van der Waals surface area contributed by atoms with Crippen LogP contribution < -0.4 is 5.32 Å². The summed E-state index contributed by atoms with van der Waals surface area (Å²) in [5, 5.41) is 3.42. The molecule has 0 aliphatic carbocycles. The molecule has 1 nitrogen and oxygen atoms in total. The molecule has 0 bridgehead atoms. The Labute approximate surface area is 121 Å². The lowest BCUT2D eigenvalue weighted by atomic mass is 10.0. The molecule has 0 saturated carbocycles. The van der Waals surface area contributed by atoms with Crippen molar-refractivity contribution in [2.24, 2.45) is 0 Å². The number of aryl methyl sites for hydroxylation is 3. The van der Waals surface area contributed by atoms with E-state index in [4.69, 9.17) is 0 Å². The highest BCUT2D eigenvalue weighted by Crippen LogP contribution is 2.35. The maximum atomic E-state index is 3.66. The molecule has 0 amide bonds. The Morgan fingerprint density at radius 1 is 1.11 bits per heavy atom. The van der Waals surface area contributed by atoms with Gasteiger partial charge in [-0.15, -0.1) is 11.3 Å². The van der Waals surface area contributed by atoms with Crippen LogP contribution in [0, 0.1) is 20.8 Å². The highest BCUT2D eigenvalue weighted by atomic mass is 79.9. The fourth-order valence-electron chi connectivity index (χ4n) is 2.09. The Hall–Kier alpha value is -0.640. The van der Waals surface area contributed by atoms with Gasteiger partial charge < -0.3 is 5.32 Å². The zero-order valence-electron chi connectivity index (χ0n) is 11.2. The van der Waals surface area contributed by atoms with E-state index in [1.54, 1.807) is 0 Å². The van der Waals surface area contributed by atoms with Gasteiger partial charge in [-0.3, -0.25) is 0 Å². The average molecular weight is 324 g/mol. The maximum absolute atomic E-state index is 3.66. The first-order chi connectivity index (χ1) is 8.52. The second-order valence-electron chi connectivity index (χ2n) is 4.63. The Morgan fingerprint density at radius 2 is 1.83 bits per heavy atom. The van der Waals surface area contributed by atoms with Gasteiger partial charge in [-0.25, -0.2) is 0 Å². The summed E-state index contributed by atoms with van der Waals surface area (Å²) in [5.41, 5.74) is 4.01. The van der Waals surface area contributed by atoms with Gasteiger partial charge in [0, 0.05) is 14.2 Å². The molecule has 0 radical (unpaired) electrons. The molecular formula is C15H18BrNS. The minimum Gasteiger partial charge on any atom is -0.309 e. The zero-order valence-corrected chi connectivity index (χ0v) is 13.6. The van der Waals surface area contributed by atoms with Crippen LogP contribution in [0.3, 0.4) is 0 Å². The van der Waals surface area contributed by atoms with Crippen molar-refractivity contribution < 1.29 is 0 Å². The Morgan fingerprint density at radius 3 is 2.33 bits per heavy atom. The fourth-order valence-corrected chi connectivity index (χ4v) is 4.11. The monoisotopic (exact) mass is 323 g/mol. The van der Waals surface area contributed by atoms with Crippen LogP contribution in [0.1, 0.15) is 32.5 Å². The molecule has 18 heavy (non-hydrogen) atoms. The van der Waals surface area contributed by atoms with Gasteiger partial charge in [-0.1, -0.05) is 18.2 Å². The van der Waals surface area contributed by atoms with Gasteiger partial charge in [0.15, 0.2) is 0 Å². The van der Waals surface area contributed by atoms with Gasteiger partial charge in [0.25, 0.3) is 0 Å². The van der Waals surface area contributed by atoms with Crippen molar-refractivity contribution in [2.45, 2.75) is 26.8 Å². The molecule has 1 heterocycles. The number of rotatable bonds is 3. The van der Waals surface area contributed by atoms with Gasteiger partial charge in [0.05, 0.1) is 6.04 Å². The quantitative estimate of drug-likeness (QED) is 0.859. The van der Waals surface area contributed by atoms with Gasteiger partial charge >= 0.3 is 0 Å². The van der Waals surface area contributed by atoms with Crippen LogP contribution in [-0.2, 0) is 0 Å². The second-order valence-corrected chi connectivity index (χ2v) is 6.78. The molecule has 0 aliphatic rings. The fraction of sp³-hybridized carbons (Fsp3) is 0.333. The first-order valence-corrected chi connectivity index (χ1v) is 7.64. The average Bonchev–Trinajstić information content (AvgIpc) is 2.64. The molecule has 1 atom stereocenters. The van der Waals surface area contributed by atoms with Crippen molar-refractivity contribution in [1.29, 1.82) is 0 Å². The van der Waals surface area contributed by atoms with Crippen LogP contribution in [0.25, 0.3) is 0 Å². The van der Waals surface area contributed by atoms with E-state index in [1.807, 2.05) is 18.4 Å². The standard InChI is InChI=1S/C15H18BrNS/c1-9-5-6-12(7-10(9)2)14(17-4)15-13(16)8-11(3)18-15/h5-8,14,17H,1-4H3. The number of halogens is 1. The number of hydrogen-bond acceptors (Lipinski definition) is 2. The summed E-state index contributed by atoms with van der Waals surface area (Å²) < 4.78 is 1.20. The van der Waals surface area contributed by atoms with E-state index in [9.17, 15) is 0 Å². The van der Waals surface area contributed by atoms with Crippen LogP contribution in [0.4, 0.5) is 0 Å². The van der Waals surface area contributed by atoms with E-state index in [0.717, 1.165) is 0 Å². The van der Waals surface area contributed by atoms with Crippen molar-refractivity contribution in [1.82, 2.24) is 5.32 Å². The SMILES string of the molecule is CNC(c1ccc(C)c(C)c1)c1sc(C)cc1Br. The minimum absolute atomic E-state index is 0.261. The molecule has 96 valence electrons. The Bertz CT molecular complexity index is 560. The van der Waals surface area contributed by atoms with Gasteiger partial charge in [-0.2, -0.15) is 0 Å². The zero-order chi connectivity index (χ0) is 13.3. The Balaban J connectivity index is 2.45. The highest BCUT2D eigenvalue weighted by molar-refractivity contribution is 9.10. The van der Waals surface area contributed by atoms with E-state index in [-0.39, 0.29) is 6.04 Å². The molecule has 1 unspecified atom stereocenters. The molecule has 0 aliphatic heterocycles. The summed E-state index contributed by atoms with van der Waals surface area (Å²) >= 11 is 5.50. The smallest absolute Gasteiger partial charge is 0.0680 e. The summed E-state index contributed by atoms with van der Waals surface area (Å²) in [7, 11) is 2.02. The predicted molar refractivity (Wildman–Crippen MR) is 83.6 cm³/mol. The first-order valence-electron chi connectivity index (χ1n) is 6.03. The molecular weight excluding hydrogens is 306 g/mol. The molecule has 3 heteroatoms. The third-order valence-electron chi connectivity index (χ3n) is 3.25. The van der Waals surface area contributed by atoms with Crippen molar-refractivity contribution >= 4 is 27.3 Å². The summed E-state index contributed by atoms with van der Waals surface area (Å²) in [6, 6.07) is 9.13. The third-order valence-corrected chi connectivity index (χ3v) is 5.29. The van der Waals surface area contributed by atoms with Crippen LogP contribution in [0.2, 0.25) is 0 Å². The molecule has 1 aromatic heterocycles. The summed E-state index contributed by atoms with van der Waals surface area (Å²) in [5.74, 6) is 0. The lowest BCUT2D eigenvalue weighted by Crippen LogP contribution is -2.17. The van der Waals surface area contributed by atoms with Crippen molar-refractivity contribution in [3.8, 4) is 0 Å². The van der Waals surface area contributed by atoms with Gasteiger partial charge in [0.1, 0.15) is 0 Å². The lowest BCUT2D eigenvalue weighted by Gasteiger charge is -2.17. The predicted octanol–water partition coefficient (Wildman–Crippen LogP) is 4.74. The summed E-state index contributed by atoms with van der Waals surface area (Å²) in [4.78, 5) is 2.68. The number of benzene rings is 1. The molecule has 2 rings (SSSR count). The van der Waals surface area contributed by atoms with E-state index in [0.29, 0.717) is 0 Å². The molecule has 0 saturated heterocycles. The number of thiophene rings is 1. The molecule has 0 fully saturated rings. The molecule has 1 N–H and O–H groups in total. The van der Waals surface area contributed by atoms with E-state index in [2.05, 4.69) is 66.3 Å². The van der Waals surface area contributed by atoms with Crippen molar-refractivity contribution in [3.63, 3.8) is 0 Å². The number of hydrogen-bond donors (Lipinski definition) is 1. The van der Waals surface area contributed by atoms with E-state index >= 15 is 0 Å². The van der Waals surface area contributed by atoms with Crippen LogP contribution in [0.15, 0.2) is 28.7 Å². The molecule has 1 aromatic carbocycles. The van der Waals surface area contributed by atoms with E-state index in [1.165, 1.54) is 30.9 Å². The minimum atomic E-state index is 0.261. The van der Waals surface area contributed by atoms with Crippen LogP contribution >= 0.6 is 27.3 Å². The lowest BCUT2D eigenvalue weighted by molar-refractivity contribution is 0.700. The molecule has 0 spiro atoms. The number of nitrogens with one attached hydrogen (secondary N) is 1. The van der Waals surface area contributed by atoms with E-state index < -0.39 is 0 Å². The maximum Gasteiger partial charge on any atom is 0.0680 e. The summed E-state index contributed by atoms with van der Waals surface area (Å²) in [6.07, 6.45) is 0. The van der Waals surface area contributed by atoms with Gasteiger partial charge in [0.2, 0.25) is 0 Å². The summed E-state index contributed by atoms with van der Waals surface area (Å²) in [6.45, 7) is 6.46. The van der Waals surface area contributed by atoms with Crippen LogP contribution in [-0.4, -0.2) is 7.05 Å². The first kappa shape index (κ1) is 13.8. The van der Waals surface area contributed by atoms with Gasteiger partial charge in [-0.05, 0) is 66.5 Å². The van der Waals surface area contributed by atoms with Crippen molar-refractivity contribution in [3.05, 3.63) is 55.2 Å². The third kappa shape index (κ3) is 2.68. The Kier molecular flexibility index (Phi) is 4.25. The topological polar surface area (TPSA) is 12.0 Å².